The van der Waals surface area contributed by atoms with Crippen molar-refractivity contribution in [1.82, 2.24) is 0 Å². The minimum Gasteiger partial charge on any atom is -0.512 e. The number of rotatable bonds is 0. The number of aliphatic hydroxyl groups excluding tert-OH is 1. The maximum atomic E-state index is 9.71. The van der Waals surface area contributed by atoms with Crippen LogP contribution in [0.2, 0.25) is 0 Å². The molecule has 2 aliphatic rings. The molecule has 0 saturated heterocycles. The van der Waals surface area contributed by atoms with Gasteiger partial charge in [-0.05, 0) is 43.1 Å². The number of aliphatic hydroxyl groups is 1. The molecule has 0 spiro atoms. The second kappa shape index (κ2) is 3.04. The standard InChI is InChI=1S/C12H20O/c1-9-10-5-3-4-7-12(10,2)8-6-11(9)13/h10,13H,3-8H2,1-2H3/t10-,12-/m0/s1. The highest BCUT2D eigenvalue weighted by atomic mass is 16.3. The number of fused-ring (bicyclic) bond motifs is 1. The molecule has 0 aromatic heterocycles. The molecule has 0 radical (unpaired) electrons. The van der Waals surface area contributed by atoms with Gasteiger partial charge in [-0.15, -0.1) is 0 Å². The van der Waals surface area contributed by atoms with Gasteiger partial charge in [0.1, 0.15) is 0 Å². The third kappa shape index (κ3) is 1.38. The second-order valence-electron chi connectivity index (χ2n) is 5.08. The summed E-state index contributed by atoms with van der Waals surface area (Å²) >= 11 is 0. The van der Waals surface area contributed by atoms with E-state index in [9.17, 15) is 5.11 Å². The smallest absolute Gasteiger partial charge is 0.0915 e. The van der Waals surface area contributed by atoms with Gasteiger partial charge >= 0.3 is 0 Å². The van der Waals surface area contributed by atoms with Crippen LogP contribution in [0.25, 0.3) is 0 Å². The summed E-state index contributed by atoms with van der Waals surface area (Å²) < 4.78 is 0. The Morgan fingerprint density at radius 1 is 1.31 bits per heavy atom. The quantitative estimate of drug-likeness (QED) is 0.601. The van der Waals surface area contributed by atoms with E-state index in [-0.39, 0.29) is 0 Å². The molecule has 1 nitrogen and oxygen atoms in total. The predicted molar refractivity (Wildman–Crippen MR) is 54.6 cm³/mol. The molecule has 13 heavy (non-hydrogen) atoms. The van der Waals surface area contributed by atoms with Crippen LogP contribution in [0.1, 0.15) is 52.4 Å². The Labute approximate surface area is 80.8 Å². The van der Waals surface area contributed by atoms with Gasteiger partial charge < -0.3 is 5.11 Å². The van der Waals surface area contributed by atoms with Crippen LogP contribution in [0.5, 0.6) is 0 Å². The summed E-state index contributed by atoms with van der Waals surface area (Å²) in [6, 6.07) is 0. The molecule has 0 aromatic carbocycles. The first-order chi connectivity index (χ1) is 6.13. The molecule has 1 N–H and O–H groups in total. The van der Waals surface area contributed by atoms with Gasteiger partial charge in [0.2, 0.25) is 0 Å². The number of hydrogen-bond donors (Lipinski definition) is 1. The van der Waals surface area contributed by atoms with Crippen LogP contribution in [0, 0.1) is 11.3 Å². The third-order valence-corrected chi connectivity index (χ3v) is 4.24. The van der Waals surface area contributed by atoms with Crippen LogP contribution in [0.15, 0.2) is 11.3 Å². The lowest BCUT2D eigenvalue weighted by Crippen LogP contribution is -2.35. The van der Waals surface area contributed by atoms with Crippen molar-refractivity contribution in [1.29, 1.82) is 0 Å². The Morgan fingerprint density at radius 3 is 2.85 bits per heavy atom. The van der Waals surface area contributed by atoms with Gasteiger partial charge in [0.15, 0.2) is 0 Å². The highest BCUT2D eigenvalue weighted by Gasteiger charge is 2.40. The molecular weight excluding hydrogens is 160 g/mol. The molecule has 74 valence electrons. The normalized spacial score (nSPS) is 40.3. The van der Waals surface area contributed by atoms with Gasteiger partial charge in [-0.3, -0.25) is 0 Å². The zero-order chi connectivity index (χ0) is 9.47. The molecule has 0 bridgehead atoms. The van der Waals surface area contributed by atoms with Crippen molar-refractivity contribution in [3.63, 3.8) is 0 Å². The van der Waals surface area contributed by atoms with Crippen molar-refractivity contribution >= 4 is 0 Å². The fourth-order valence-electron chi connectivity index (χ4n) is 3.24. The summed E-state index contributed by atoms with van der Waals surface area (Å²) in [5.74, 6) is 1.36. The van der Waals surface area contributed by atoms with Gasteiger partial charge in [0.05, 0.1) is 5.76 Å². The molecule has 1 saturated carbocycles. The zero-order valence-electron chi connectivity index (χ0n) is 8.77. The molecule has 0 unspecified atom stereocenters. The van der Waals surface area contributed by atoms with Crippen LogP contribution in [0.4, 0.5) is 0 Å². The Hall–Kier alpha value is -0.460. The van der Waals surface area contributed by atoms with E-state index in [0.29, 0.717) is 17.1 Å². The van der Waals surface area contributed by atoms with Crippen molar-refractivity contribution in [2.24, 2.45) is 11.3 Å². The van der Waals surface area contributed by atoms with Crippen LogP contribution >= 0.6 is 0 Å². The van der Waals surface area contributed by atoms with E-state index in [1.807, 2.05) is 0 Å². The van der Waals surface area contributed by atoms with E-state index in [0.717, 1.165) is 6.42 Å². The zero-order valence-corrected chi connectivity index (χ0v) is 8.77. The van der Waals surface area contributed by atoms with Gasteiger partial charge in [0.25, 0.3) is 0 Å². The lowest BCUT2D eigenvalue weighted by atomic mass is 9.60. The Morgan fingerprint density at radius 2 is 2.08 bits per heavy atom. The molecule has 1 heteroatoms. The van der Waals surface area contributed by atoms with Gasteiger partial charge in [-0.1, -0.05) is 19.8 Å². The summed E-state index contributed by atoms with van der Waals surface area (Å²) in [6.07, 6.45) is 7.51. The van der Waals surface area contributed by atoms with E-state index in [2.05, 4.69) is 13.8 Å². The minimum absolute atomic E-state index is 0.508. The summed E-state index contributed by atoms with van der Waals surface area (Å²) in [4.78, 5) is 0. The fourth-order valence-corrected chi connectivity index (χ4v) is 3.24. The highest BCUT2D eigenvalue weighted by molar-refractivity contribution is 5.17. The molecular formula is C12H20O. The minimum atomic E-state index is 0.508. The predicted octanol–water partition coefficient (Wildman–Crippen LogP) is 3.81. The van der Waals surface area contributed by atoms with Crippen molar-refractivity contribution in [2.75, 3.05) is 0 Å². The van der Waals surface area contributed by atoms with Crippen molar-refractivity contribution < 1.29 is 5.11 Å². The van der Waals surface area contributed by atoms with Gasteiger partial charge in [0, 0.05) is 6.42 Å². The average molecular weight is 180 g/mol. The van der Waals surface area contributed by atoms with Crippen molar-refractivity contribution in [3.8, 4) is 0 Å². The SMILES string of the molecule is CC1=C(O)CC[C@]2(C)CCCC[C@@H]12. The Balaban J connectivity index is 2.29. The van der Waals surface area contributed by atoms with Crippen molar-refractivity contribution in [2.45, 2.75) is 52.4 Å². The molecule has 0 aromatic rings. The van der Waals surface area contributed by atoms with Crippen LogP contribution in [-0.2, 0) is 0 Å². The van der Waals surface area contributed by atoms with E-state index in [1.54, 1.807) is 0 Å². The summed E-state index contributed by atoms with van der Waals surface area (Å²) in [7, 11) is 0. The van der Waals surface area contributed by atoms with Gasteiger partial charge in [-0.2, -0.15) is 0 Å². The topological polar surface area (TPSA) is 20.2 Å². The van der Waals surface area contributed by atoms with Gasteiger partial charge in [-0.25, -0.2) is 0 Å². The second-order valence-corrected chi connectivity index (χ2v) is 5.08. The highest BCUT2D eigenvalue weighted by Crippen LogP contribution is 2.51. The lowest BCUT2D eigenvalue weighted by Gasteiger charge is -2.45. The molecule has 0 amide bonds. The summed E-state index contributed by atoms with van der Waals surface area (Å²) in [5.41, 5.74) is 1.79. The summed E-state index contributed by atoms with van der Waals surface area (Å²) in [6.45, 7) is 4.54. The largest absolute Gasteiger partial charge is 0.512 e. The van der Waals surface area contributed by atoms with Crippen LogP contribution < -0.4 is 0 Å². The monoisotopic (exact) mass is 180 g/mol. The maximum absolute atomic E-state index is 9.71. The molecule has 2 atom stereocenters. The molecule has 2 rings (SSSR count). The first-order valence-corrected chi connectivity index (χ1v) is 5.52. The first-order valence-electron chi connectivity index (χ1n) is 5.52. The molecule has 1 fully saturated rings. The third-order valence-electron chi connectivity index (χ3n) is 4.24. The van der Waals surface area contributed by atoms with Crippen LogP contribution in [0.3, 0.4) is 0 Å². The fraction of sp³-hybridized carbons (Fsp3) is 0.833. The summed E-state index contributed by atoms with van der Waals surface area (Å²) in [5, 5.41) is 9.71. The van der Waals surface area contributed by atoms with Crippen molar-refractivity contribution in [3.05, 3.63) is 11.3 Å². The molecule has 2 aliphatic carbocycles. The maximum Gasteiger partial charge on any atom is 0.0915 e. The first kappa shape index (κ1) is 9.11. The average Bonchev–Trinajstić information content (AvgIpc) is 2.12. The van der Waals surface area contributed by atoms with E-state index >= 15 is 0 Å². The molecule has 0 aliphatic heterocycles. The Bertz CT molecular complexity index is 242. The van der Waals surface area contributed by atoms with Crippen LogP contribution in [-0.4, -0.2) is 5.11 Å². The number of hydrogen-bond acceptors (Lipinski definition) is 1. The number of allylic oxidation sites excluding steroid dienone is 2. The van der Waals surface area contributed by atoms with E-state index in [1.165, 1.54) is 37.7 Å². The Kier molecular flexibility index (Phi) is 2.13. The molecule has 0 heterocycles. The van der Waals surface area contributed by atoms with E-state index in [4.69, 9.17) is 0 Å². The van der Waals surface area contributed by atoms with E-state index < -0.39 is 0 Å². The lowest BCUT2D eigenvalue weighted by molar-refractivity contribution is 0.103.